The minimum absolute atomic E-state index is 0.00625. The van der Waals surface area contributed by atoms with Crippen molar-refractivity contribution in [2.75, 3.05) is 41.7 Å². The zero-order valence-electron chi connectivity index (χ0n) is 29.7. The summed E-state index contributed by atoms with van der Waals surface area (Å²) in [4.78, 5) is 25.9. The number of aliphatic hydroxyl groups is 1. The SMILES string of the molecule is COc1cc(C[C@H]2COC(=O)[C@@H]2Cc2cc(OC)c(O)c(-c3cc([C@@H](O)[C@H]4COC(=O)[C@@H]4Cc4ccc(O)c(OC)c4)cc(OC)c3O)c2)ccc1O. The number of carbonyl (C=O) groups is 2. The highest BCUT2D eigenvalue weighted by atomic mass is 16.5. The van der Waals surface area contributed by atoms with E-state index in [-0.39, 0.29) is 89.3 Å². The average molecular weight is 731 g/mol. The van der Waals surface area contributed by atoms with Gasteiger partial charge in [0.15, 0.2) is 46.0 Å². The molecule has 0 unspecified atom stereocenters. The first kappa shape index (κ1) is 37.0. The molecule has 2 heterocycles. The highest BCUT2D eigenvalue weighted by Gasteiger charge is 2.42. The normalized spacial score (nSPS) is 20.1. The van der Waals surface area contributed by atoms with E-state index in [0.29, 0.717) is 28.9 Å². The van der Waals surface area contributed by atoms with Gasteiger partial charge in [-0.3, -0.25) is 9.59 Å². The van der Waals surface area contributed by atoms with Crippen molar-refractivity contribution >= 4 is 11.9 Å². The topological polar surface area (TPSA) is 191 Å². The molecule has 13 heteroatoms. The van der Waals surface area contributed by atoms with Crippen LogP contribution in [0, 0.1) is 23.7 Å². The van der Waals surface area contributed by atoms with Gasteiger partial charge < -0.3 is 54.0 Å². The van der Waals surface area contributed by atoms with Gasteiger partial charge in [-0.2, -0.15) is 0 Å². The van der Waals surface area contributed by atoms with E-state index in [9.17, 15) is 35.1 Å². The first-order valence-corrected chi connectivity index (χ1v) is 17.0. The van der Waals surface area contributed by atoms with Crippen LogP contribution in [0.3, 0.4) is 0 Å². The van der Waals surface area contributed by atoms with Gasteiger partial charge in [-0.15, -0.1) is 0 Å². The Hall–Kier alpha value is -5.82. The fraction of sp³-hybridized carbons (Fsp3) is 0.350. The largest absolute Gasteiger partial charge is 0.504 e. The molecular formula is C40H42O13. The van der Waals surface area contributed by atoms with Crippen LogP contribution >= 0.6 is 0 Å². The molecule has 0 amide bonds. The number of phenolic OH excluding ortho intramolecular Hbond substituents is 4. The summed E-state index contributed by atoms with van der Waals surface area (Å²) < 4.78 is 32.3. The molecule has 13 nitrogen and oxygen atoms in total. The molecule has 2 saturated heterocycles. The standard InChI is InChI=1S/C40H42O13/c1-48-32-13-20(5-7-30(32)41)9-24-18-52-39(46)25(24)11-22-12-26(37(44)34(15-22)50-3)27-16-23(17-35(51-4)38(27)45)36(43)29-19-53-40(47)28(29)10-21-6-8-31(42)33(14-21)49-2/h5-8,12-17,24-25,28-29,36,41-45H,9-11,18-19H2,1-4H3/t24-,25+,28+,29-,36+/m0/s1. The lowest BCUT2D eigenvalue weighted by Crippen LogP contribution is -2.24. The van der Waals surface area contributed by atoms with Crippen molar-refractivity contribution in [2.45, 2.75) is 25.4 Å². The van der Waals surface area contributed by atoms with Crippen LogP contribution in [-0.2, 0) is 38.3 Å². The number of aliphatic hydroxyl groups excluding tert-OH is 1. The number of aromatic hydroxyl groups is 4. The van der Waals surface area contributed by atoms with E-state index < -0.39 is 29.8 Å². The van der Waals surface area contributed by atoms with Crippen molar-refractivity contribution in [3.8, 4) is 57.1 Å². The van der Waals surface area contributed by atoms with Gasteiger partial charge in [-0.25, -0.2) is 0 Å². The first-order chi connectivity index (χ1) is 25.5. The van der Waals surface area contributed by atoms with Crippen molar-refractivity contribution < 1.29 is 63.5 Å². The molecule has 6 rings (SSSR count). The van der Waals surface area contributed by atoms with Gasteiger partial charge in [0.2, 0.25) is 0 Å². The average Bonchev–Trinajstić information content (AvgIpc) is 3.69. The third-order valence-corrected chi connectivity index (χ3v) is 10.2. The quantitative estimate of drug-likeness (QED) is 0.118. The van der Waals surface area contributed by atoms with Gasteiger partial charge in [0, 0.05) is 23.0 Å². The van der Waals surface area contributed by atoms with Crippen LogP contribution < -0.4 is 18.9 Å². The molecule has 0 bridgehead atoms. The molecule has 5 atom stereocenters. The Morgan fingerprint density at radius 3 is 1.70 bits per heavy atom. The summed E-state index contributed by atoms with van der Waals surface area (Å²) in [7, 11) is 5.62. The predicted molar refractivity (Wildman–Crippen MR) is 190 cm³/mol. The molecule has 53 heavy (non-hydrogen) atoms. The van der Waals surface area contributed by atoms with E-state index in [1.807, 2.05) is 0 Å². The maximum absolute atomic E-state index is 13.0. The molecule has 5 N–H and O–H groups in total. The number of hydrogen-bond donors (Lipinski definition) is 5. The van der Waals surface area contributed by atoms with Gasteiger partial charge >= 0.3 is 11.9 Å². The number of methoxy groups -OCH3 is 4. The Kier molecular flexibility index (Phi) is 10.8. The van der Waals surface area contributed by atoms with Gasteiger partial charge in [0.05, 0.1) is 59.6 Å². The number of carbonyl (C=O) groups excluding carboxylic acids is 2. The summed E-state index contributed by atoms with van der Waals surface area (Å²) in [6, 6.07) is 16.0. The Morgan fingerprint density at radius 1 is 0.604 bits per heavy atom. The lowest BCUT2D eigenvalue weighted by atomic mass is 9.82. The molecule has 0 saturated carbocycles. The van der Waals surface area contributed by atoms with Gasteiger partial charge in [0.25, 0.3) is 0 Å². The zero-order chi connectivity index (χ0) is 38.0. The van der Waals surface area contributed by atoms with Crippen LogP contribution in [0.5, 0.6) is 46.0 Å². The van der Waals surface area contributed by atoms with Gasteiger partial charge in [-0.05, 0) is 90.0 Å². The molecule has 2 aliphatic rings. The lowest BCUT2D eigenvalue weighted by molar-refractivity contribution is -0.142. The van der Waals surface area contributed by atoms with E-state index >= 15 is 0 Å². The summed E-state index contributed by atoms with van der Waals surface area (Å²) in [5.41, 5.74) is 2.71. The molecule has 2 fully saturated rings. The molecule has 0 aromatic heterocycles. The monoisotopic (exact) mass is 730 g/mol. The summed E-state index contributed by atoms with van der Waals surface area (Å²) in [5, 5.41) is 54.6. The molecule has 0 spiro atoms. The fourth-order valence-corrected chi connectivity index (χ4v) is 7.24. The number of phenols is 4. The fourth-order valence-electron chi connectivity index (χ4n) is 7.24. The third-order valence-electron chi connectivity index (χ3n) is 10.2. The number of rotatable bonds is 13. The van der Waals surface area contributed by atoms with Gasteiger partial charge in [0.1, 0.15) is 0 Å². The van der Waals surface area contributed by atoms with Crippen molar-refractivity contribution in [3.63, 3.8) is 0 Å². The van der Waals surface area contributed by atoms with Crippen LogP contribution in [0.15, 0.2) is 60.7 Å². The maximum atomic E-state index is 13.0. The van der Waals surface area contributed by atoms with Crippen molar-refractivity contribution in [1.29, 1.82) is 0 Å². The number of ether oxygens (including phenoxy) is 6. The maximum Gasteiger partial charge on any atom is 0.309 e. The number of cyclic esters (lactones) is 2. The molecular weight excluding hydrogens is 688 g/mol. The molecule has 4 aromatic carbocycles. The minimum atomic E-state index is -1.27. The summed E-state index contributed by atoms with van der Waals surface area (Å²) in [6.45, 7) is 0.129. The highest BCUT2D eigenvalue weighted by molar-refractivity contribution is 5.82. The van der Waals surface area contributed by atoms with E-state index in [1.165, 1.54) is 52.7 Å². The summed E-state index contributed by atoms with van der Waals surface area (Å²) >= 11 is 0. The summed E-state index contributed by atoms with van der Waals surface area (Å²) in [5.74, 6) is -3.07. The third kappa shape index (κ3) is 7.43. The number of benzene rings is 4. The van der Waals surface area contributed by atoms with E-state index in [1.54, 1.807) is 36.4 Å². The Bertz CT molecular complexity index is 2010. The van der Waals surface area contributed by atoms with Gasteiger partial charge in [-0.1, -0.05) is 12.1 Å². The van der Waals surface area contributed by atoms with Crippen molar-refractivity contribution in [3.05, 3.63) is 82.9 Å². The van der Waals surface area contributed by atoms with E-state index in [0.717, 1.165) is 5.56 Å². The second-order valence-electron chi connectivity index (χ2n) is 13.3. The smallest absolute Gasteiger partial charge is 0.309 e. The van der Waals surface area contributed by atoms with Crippen molar-refractivity contribution in [2.24, 2.45) is 23.7 Å². The number of esters is 2. The molecule has 0 radical (unpaired) electrons. The summed E-state index contributed by atoms with van der Waals surface area (Å²) in [6.07, 6.45) is -0.377. The minimum Gasteiger partial charge on any atom is -0.504 e. The van der Waals surface area contributed by atoms with E-state index in [4.69, 9.17) is 28.4 Å². The zero-order valence-corrected chi connectivity index (χ0v) is 29.7. The van der Waals surface area contributed by atoms with Crippen LogP contribution in [0.4, 0.5) is 0 Å². The lowest BCUT2D eigenvalue weighted by Gasteiger charge is -2.24. The Labute approximate surface area is 305 Å². The molecule has 4 aromatic rings. The number of hydrogen-bond acceptors (Lipinski definition) is 13. The molecule has 280 valence electrons. The molecule has 0 aliphatic carbocycles. The second-order valence-corrected chi connectivity index (χ2v) is 13.3. The Morgan fingerprint density at radius 2 is 1.09 bits per heavy atom. The highest BCUT2D eigenvalue weighted by Crippen LogP contribution is 2.48. The van der Waals surface area contributed by atoms with Crippen LogP contribution in [0.2, 0.25) is 0 Å². The van der Waals surface area contributed by atoms with E-state index in [2.05, 4.69) is 0 Å². The van der Waals surface area contributed by atoms with Crippen molar-refractivity contribution in [1.82, 2.24) is 0 Å². The Balaban J connectivity index is 1.32. The molecule has 2 aliphatic heterocycles. The first-order valence-electron chi connectivity index (χ1n) is 17.0. The van der Waals surface area contributed by atoms with Crippen LogP contribution in [0.1, 0.15) is 28.4 Å². The second kappa shape index (κ2) is 15.4. The predicted octanol–water partition coefficient (Wildman–Crippen LogP) is 4.85. The van der Waals surface area contributed by atoms with Crippen LogP contribution in [0.25, 0.3) is 11.1 Å². The van der Waals surface area contributed by atoms with Crippen LogP contribution in [-0.4, -0.2) is 79.1 Å².